The number of aromatic nitrogens is 1. The highest BCUT2D eigenvalue weighted by Gasteiger charge is 2.18. The first kappa shape index (κ1) is 23.2. The van der Waals surface area contributed by atoms with E-state index in [0.717, 1.165) is 10.9 Å². The summed E-state index contributed by atoms with van der Waals surface area (Å²) >= 11 is 0. The van der Waals surface area contributed by atoms with Gasteiger partial charge in [0.05, 0.1) is 11.3 Å². The van der Waals surface area contributed by atoms with Gasteiger partial charge in [-0.05, 0) is 37.3 Å². The molecule has 0 spiro atoms. The smallest absolute Gasteiger partial charge is 0.307 e. The molecule has 0 unspecified atom stereocenters. The predicted octanol–water partition coefficient (Wildman–Crippen LogP) is 2.53. The van der Waals surface area contributed by atoms with Gasteiger partial charge in [-0.15, -0.1) is 0 Å². The second-order valence-corrected chi connectivity index (χ2v) is 8.87. The molecule has 3 aromatic rings. The number of aryl methyl sites for hydroxylation is 1. The largest absolute Gasteiger partial charge is 0.457 e. The van der Waals surface area contributed by atoms with Crippen molar-refractivity contribution in [3.05, 3.63) is 59.8 Å². The van der Waals surface area contributed by atoms with Crippen LogP contribution in [0.4, 0.5) is 5.69 Å². The summed E-state index contributed by atoms with van der Waals surface area (Å²) in [6.07, 6.45) is -0.233. The van der Waals surface area contributed by atoms with E-state index >= 15 is 0 Å². The minimum atomic E-state index is -3.84. The number of ether oxygens (including phenoxy) is 1. The summed E-state index contributed by atoms with van der Waals surface area (Å²) in [5.41, 5.74) is 2.44. The number of sulfonamides is 1. The molecule has 0 aliphatic carbocycles. The lowest BCUT2D eigenvalue weighted by Gasteiger charge is -2.08. The summed E-state index contributed by atoms with van der Waals surface area (Å²) in [5.74, 6) is -1.30. The molecule has 0 aliphatic rings. The number of anilines is 1. The van der Waals surface area contributed by atoms with E-state index < -0.39 is 22.6 Å². The Bertz CT molecular complexity index is 1260. The monoisotopic (exact) mass is 457 g/mol. The fraction of sp³-hybridized carbons (Fsp3) is 0.227. The van der Waals surface area contributed by atoms with Gasteiger partial charge in [-0.2, -0.15) is 0 Å². The Kier molecular flexibility index (Phi) is 7.06. The van der Waals surface area contributed by atoms with Crippen LogP contribution in [0.3, 0.4) is 0 Å². The zero-order chi connectivity index (χ0) is 23.3. The lowest BCUT2D eigenvalue weighted by Crippen LogP contribution is -2.27. The molecule has 0 fully saturated rings. The van der Waals surface area contributed by atoms with Crippen LogP contribution >= 0.6 is 0 Å². The van der Waals surface area contributed by atoms with Crippen LogP contribution in [-0.4, -0.2) is 44.2 Å². The molecule has 3 rings (SSSR count). The second-order valence-electron chi connectivity index (χ2n) is 7.11. The lowest BCUT2D eigenvalue weighted by atomic mass is 10.1. The Labute approximate surface area is 185 Å². The topological polar surface area (TPSA) is 134 Å². The Morgan fingerprint density at radius 2 is 1.72 bits per heavy atom. The number of carbonyl (C=O) groups is 3. The number of nitrogens with one attached hydrogen (secondary N) is 3. The zero-order valence-electron chi connectivity index (χ0n) is 17.6. The fourth-order valence-electron chi connectivity index (χ4n) is 3.22. The van der Waals surface area contributed by atoms with E-state index in [1.807, 2.05) is 24.3 Å². The zero-order valence-corrected chi connectivity index (χ0v) is 18.4. The van der Waals surface area contributed by atoms with Crippen LogP contribution in [0.15, 0.2) is 53.4 Å². The van der Waals surface area contributed by atoms with Gasteiger partial charge in [0.15, 0.2) is 6.61 Å². The third-order valence-electron chi connectivity index (χ3n) is 4.64. The van der Waals surface area contributed by atoms with Crippen LogP contribution in [0.2, 0.25) is 0 Å². The van der Waals surface area contributed by atoms with Crippen LogP contribution < -0.4 is 10.0 Å². The molecule has 2 aromatic carbocycles. The number of H-pyrrole nitrogens is 1. The van der Waals surface area contributed by atoms with Crippen molar-refractivity contribution in [2.45, 2.75) is 25.2 Å². The average molecular weight is 458 g/mol. The van der Waals surface area contributed by atoms with Crippen LogP contribution in [0, 0.1) is 6.92 Å². The summed E-state index contributed by atoms with van der Waals surface area (Å²) in [7, 11) is -3.84. The minimum Gasteiger partial charge on any atom is -0.457 e. The third kappa shape index (κ3) is 5.59. The van der Waals surface area contributed by atoms with Crippen molar-refractivity contribution < 1.29 is 27.5 Å². The van der Waals surface area contributed by atoms with Gasteiger partial charge in [-0.25, -0.2) is 13.1 Å². The summed E-state index contributed by atoms with van der Waals surface area (Å²) in [4.78, 5) is 38.6. The average Bonchev–Trinajstić information content (AvgIpc) is 3.07. The summed E-state index contributed by atoms with van der Waals surface area (Å²) in [5, 5.41) is 3.30. The van der Waals surface area contributed by atoms with Gasteiger partial charge >= 0.3 is 5.97 Å². The van der Waals surface area contributed by atoms with Crippen LogP contribution in [-0.2, 0) is 24.3 Å². The van der Waals surface area contributed by atoms with Gasteiger partial charge in [-0.1, -0.05) is 18.2 Å². The second kappa shape index (κ2) is 9.75. The number of hydrogen-bond donors (Lipinski definition) is 3. The van der Waals surface area contributed by atoms with Crippen molar-refractivity contribution in [1.82, 2.24) is 9.71 Å². The molecule has 0 aliphatic heterocycles. The first-order valence-corrected chi connectivity index (χ1v) is 11.3. The minimum absolute atomic E-state index is 0.00930. The molecule has 0 saturated heterocycles. The number of Topliss-reactive ketones (excluding diaryl/α,β-unsaturated/α-hetero) is 1. The number of fused-ring (bicyclic) bond motifs is 1. The molecular formula is C22H23N3O6S. The maximum atomic E-state index is 12.5. The summed E-state index contributed by atoms with van der Waals surface area (Å²) in [6, 6.07) is 12.9. The molecule has 0 radical (unpaired) electrons. The normalized spacial score (nSPS) is 11.3. The number of amides is 1. The molecule has 0 atom stereocenters. The highest BCUT2D eigenvalue weighted by molar-refractivity contribution is 7.89. The van der Waals surface area contributed by atoms with E-state index in [4.69, 9.17) is 4.74 Å². The van der Waals surface area contributed by atoms with Crippen LogP contribution in [0.1, 0.15) is 29.4 Å². The molecule has 1 aromatic heterocycles. The van der Waals surface area contributed by atoms with E-state index in [1.54, 1.807) is 6.92 Å². The predicted molar refractivity (Wildman–Crippen MR) is 119 cm³/mol. The standard InChI is InChI=1S/C22H23N3O6S/c1-14-22(18-5-3-4-6-19(18)24-14)20(27)13-31-21(28)11-12-23-32(29,30)17-9-7-16(8-10-17)25-15(2)26/h3-10,23-24H,11-13H2,1-2H3,(H,25,26). The van der Waals surface area contributed by atoms with Crippen molar-refractivity contribution in [2.24, 2.45) is 0 Å². The van der Waals surface area contributed by atoms with Gasteiger partial charge < -0.3 is 15.0 Å². The summed E-state index contributed by atoms with van der Waals surface area (Å²) in [6.45, 7) is 2.50. The van der Waals surface area contributed by atoms with E-state index in [9.17, 15) is 22.8 Å². The SMILES string of the molecule is CC(=O)Nc1ccc(S(=O)(=O)NCCC(=O)OCC(=O)c2c(C)[nH]c3ccccc23)cc1. The number of rotatable bonds is 9. The molecule has 168 valence electrons. The van der Waals surface area contributed by atoms with E-state index in [0.29, 0.717) is 16.9 Å². The molecule has 0 saturated carbocycles. The number of para-hydroxylation sites is 1. The highest BCUT2D eigenvalue weighted by Crippen LogP contribution is 2.22. The third-order valence-corrected chi connectivity index (χ3v) is 6.12. The molecule has 10 heteroatoms. The molecular weight excluding hydrogens is 434 g/mol. The van der Waals surface area contributed by atoms with Gasteiger partial charge in [0.25, 0.3) is 0 Å². The quantitative estimate of drug-likeness (QED) is 0.334. The Balaban J connectivity index is 1.50. The number of benzene rings is 2. The Hall–Kier alpha value is -3.50. The van der Waals surface area contributed by atoms with E-state index in [2.05, 4.69) is 15.0 Å². The van der Waals surface area contributed by atoms with Crippen molar-refractivity contribution in [3.63, 3.8) is 0 Å². The van der Waals surface area contributed by atoms with Crippen molar-refractivity contribution in [1.29, 1.82) is 0 Å². The van der Waals surface area contributed by atoms with Crippen LogP contribution in [0.5, 0.6) is 0 Å². The fourth-order valence-corrected chi connectivity index (χ4v) is 4.25. The summed E-state index contributed by atoms with van der Waals surface area (Å²) < 4.78 is 32.0. The first-order chi connectivity index (χ1) is 15.2. The number of carbonyl (C=O) groups excluding carboxylic acids is 3. The Morgan fingerprint density at radius 3 is 2.41 bits per heavy atom. The number of hydrogen-bond acceptors (Lipinski definition) is 6. The number of aromatic amines is 1. The van der Waals surface area contributed by atoms with Crippen molar-refractivity contribution in [2.75, 3.05) is 18.5 Å². The molecule has 0 bridgehead atoms. The van der Waals surface area contributed by atoms with Gasteiger partial charge in [0, 0.05) is 41.3 Å². The molecule has 3 N–H and O–H groups in total. The first-order valence-electron chi connectivity index (χ1n) is 9.81. The highest BCUT2D eigenvalue weighted by atomic mass is 32.2. The molecule has 32 heavy (non-hydrogen) atoms. The van der Waals surface area contributed by atoms with Crippen LogP contribution in [0.25, 0.3) is 10.9 Å². The maximum absolute atomic E-state index is 12.5. The number of ketones is 1. The molecule has 1 heterocycles. The molecule has 1 amide bonds. The maximum Gasteiger partial charge on any atom is 0.307 e. The Morgan fingerprint density at radius 1 is 1.03 bits per heavy atom. The van der Waals surface area contributed by atoms with Gasteiger partial charge in [-0.3, -0.25) is 14.4 Å². The van der Waals surface area contributed by atoms with Gasteiger partial charge in [0.2, 0.25) is 21.7 Å². The van der Waals surface area contributed by atoms with Gasteiger partial charge in [0.1, 0.15) is 0 Å². The number of esters is 1. The molecule has 9 nitrogen and oxygen atoms in total. The lowest BCUT2D eigenvalue weighted by molar-refractivity contribution is -0.142. The van der Waals surface area contributed by atoms with Crippen molar-refractivity contribution in [3.8, 4) is 0 Å². The van der Waals surface area contributed by atoms with Crippen molar-refractivity contribution >= 4 is 44.3 Å². The van der Waals surface area contributed by atoms with E-state index in [-0.39, 0.29) is 29.6 Å². The van der Waals surface area contributed by atoms with E-state index in [1.165, 1.54) is 31.2 Å².